The minimum atomic E-state index is -0.152. The SMILES string of the molecule is CC(=O)N1CCCc2cc(-c3ccc(C(=O)NCc4cc5nc(-c6cnc(N)nc6)nc(N6CCOCC6)c5s4)cc3)ccc21. The van der Waals surface area contributed by atoms with Crippen molar-refractivity contribution in [1.29, 1.82) is 0 Å². The summed E-state index contributed by atoms with van der Waals surface area (Å²) < 4.78 is 6.52. The maximum Gasteiger partial charge on any atom is 0.251 e. The molecule has 7 rings (SSSR count). The number of hydrogen-bond acceptors (Lipinski definition) is 10. The van der Waals surface area contributed by atoms with E-state index in [1.807, 2.05) is 47.4 Å². The summed E-state index contributed by atoms with van der Waals surface area (Å²) in [6.07, 6.45) is 5.15. The maximum atomic E-state index is 13.1. The minimum absolute atomic E-state index is 0.0678. The first-order chi connectivity index (χ1) is 21.9. The number of carbonyl (C=O) groups excluding carboxylic acids is 2. The Bertz CT molecular complexity index is 1890. The molecular formula is C33H32N8O3S. The van der Waals surface area contributed by atoms with Crippen molar-refractivity contribution in [3.63, 3.8) is 0 Å². The Hall–Kier alpha value is -4.94. The molecule has 0 bridgehead atoms. The topological polar surface area (TPSA) is 139 Å². The third kappa shape index (κ3) is 5.94. The number of nitrogens with two attached hydrogens (primary N) is 1. The van der Waals surface area contributed by atoms with E-state index in [2.05, 4.69) is 26.3 Å². The van der Waals surface area contributed by atoms with Crippen molar-refractivity contribution >= 4 is 50.8 Å². The van der Waals surface area contributed by atoms with Gasteiger partial charge in [0, 0.05) is 55.1 Å². The van der Waals surface area contributed by atoms with Gasteiger partial charge in [0.2, 0.25) is 11.9 Å². The lowest BCUT2D eigenvalue weighted by Crippen LogP contribution is -2.36. The lowest BCUT2D eigenvalue weighted by atomic mass is 9.95. The van der Waals surface area contributed by atoms with Crippen molar-refractivity contribution in [3.8, 4) is 22.5 Å². The van der Waals surface area contributed by atoms with Gasteiger partial charge >= 0.3 is 0 Å². The molecule has 0 atom stereocenters. The van der Waals surface area contributed by atoms with E-state index in [-0.39, 0.29) is 17.8 Å². The fourth-order valence-corrected chi connectivity index (χ4v) is 6.86. The molecular weight excluding hydrogens is 588 g/mol. The summed E-state index contributed by atoms with van der Waals surface area (Å²) in [6.45, 7) is 5.45. The number of nitrogens with zero attached hydrogens (tertiary/aromatic N) is 6. The molecule has 0 spiro atoms. The van der Waals surface area contributed by atoms with E-state index in [4.69, 9.17) is 20.4 Å². The van der Waals surface area contributed by atoms with Crippen molar-refractivity contribution in [3.05, 3.63) is 76.9 Å². The van der Waals surface area contributed by atoms with Crippen LogP contribution in [0.25, 0.3) is 32.7 Å². The molecule has 0 aliphatic carbocycles. The molecule has 1 saturated heterocycles. The van der Waals surface area contributed by atoms with Crippen LogP contribution in [-0.4, -0.2) is 64.6 Å². The van der Waals surface area contributed by atoms with E-state index in [1.54, 1.807) is 30.7 Å². The van der Waals surface area contributed by atoms with Gasteiger partial charge in [-0.25, -0.2) is 19.9 Å². The molecule has 2 aliphatic rings. The highest BCUT2D eigenvalue weighted by Crippen LogP contribution is 2.35. The van der Waals surface area contributed by atoms with Crippen LogP contribution in [0.5, 0.6) is 0 Å². The van der Waals surface area contributed by atoms with Crippen molar-refractivity contribution in [2.45, 2.75) is 26.3 Å². The molecule has 0 radical (unpaired) electrons. The normalized spacial score (nSPS) is 14.8. The number of thiophene rings is 1. The number of nitrogens with one attached hydrogen (secondary N) is 1. The van der Waals surface area contributed by atoms with Crippen LogP contribution in [0.3, 0.4) is 0 Å². The number of ether oxygens (including phenoxy) is 1. The van der Waals surface area contributed by atoms with E-state index in [1.165, 1.54) is 5.56 Å². The summed E-state index contributed by atoms with van der Waals surface area (Å²) >= 11 is 1.58. The number of anilines is 3. The largest absolute Gasteiger partial charge is 0.378 e. The lowest BCUT2D eigenvalue weighted by molar-refractivity contribution is -0.116. The van der Waals surface area contributed by atoms with Crippen molar-refractivity contribution in [1.82, 2.24) is 25.3 Å². The molecule has 0 unspecified atom stereocenters. The third-order valence-corrected chi connectivity index (χ3v) is 9.25. The van der Waals surface area contributed by atoms with E-state index in [0.29, 0.717) is 36.7 Å². The van der Waals surface area contributed by atoms with Gasteiger partial charge in [0.15, 0.2) is 11.6 Å². The van der Waals surface area contributed by atoms with Gasteiger partial charge in [-0.3, -0.25) is 9.59 Å². The summed E-state index contributed by atoms with van der Waals surface area (Å²) in [5.41, 5.74) is 12.0. The Labute approximate surface area is 264 Å². The summed E-state index contributed by atoms with van der Waals surface area (Å²) in [4.78, 5) is 48.1. The highest BCUT2D eigenvalue weighted by molar-refractivity contribution is 7.19. The summed E-state index contributed by atoms with van der Waals surface area (Å²) in [6, 6.07) is 15.8. The Morgan fingerprint density at radius 1 is 0.956 bits per heavy atom. The molecule has 3 N–H and O–H groups in total. The molecule has 0 saturated carbocycles. The highest BCUT2D eigenvalue weighted by atomic mass is 32.1. The average molecular weight is 621 g/mol. The molecule has 2 aromatic carbocycles. The Kier molecular flexibility index (Phi) is 7.82. The Balaban J connectivity index is 1.08. The second-order valence-corrected chi connectivity index (χ2v) is 12.2. The van der Waals surface area contributed by atoms with Crippen molar-refractivity contribution in [2.24, 2.45) is 0 Å². The predicted octanol–water partition coefficient (Wildman–Crippen LogP) is 4.46. The predicted molar refractivity (Wildman–Crippen MR) is 175 cm³/mol. The second-order valence-electron chi connectivity index (χ2n) is 11.1. The number of carbonyl (C=O) groups is 2. The van der Waals surface area contributed by atoms with Gasteiger partial charge in [0.1, 0.15) is 0 Å². The van der Waals surface area contributed by atoms with Crippen LogP contribution in [0.2, 0.25) is 0 Å². The first-order valence-electron chi connectivity index (χ1n) is 14.9. The summed E-state index contributed by atoms with van der Waals surface area (Å²) in [5.74, 6) is 1.47. The van der Waals surface area contributed by atoms with Crippen molar-refractivity contribution < 1.29 is 14.3 Å². The number of hydrogen-bond donors (Lipinski definition) is 2. The highest BCUT2D eigenvalue weighted by Gasteiger charge is 2.22. The van der Waals surface area contributed by atoms with Gasteiger partial charge in [-0.2, -0.15) is 0 Å². The van der Waals surface area contributed by atoms with Gasteiger partial charge in [-0.15, -0.1) is 11.3 Å². The second kappa shape index (κ2) is 12.2. The van der Waals surface area contributed by atoms with Crippen LogP contribution < -0.4 is 20.9 Å². The molecule has 5 heterocycles. The van der Waals surface area contributed by atoms with Gasteiger partial charge in [-0.1, -0.05) is 18.2 Å². The molecule has 11 nitrogen and oxygen atoms in total. The van der Waals surface area contributed by atoms with Crippen LogP contribution in [0, 0.1) is 0 Å². The third-order valence-electron chi connectivity index (χ3n) is 8.13. The molecule has 3 aromatic heterocycles. The standard InChI is InChI=1S/C33H32N8O3S/c1-20(42)41-10-2-3-24-15-23(8-9-28(24)41)21-4-6-22(7-5-21)32(43)35-19-26-16-27-29(45-26)31(40-11-13-44-14-12-40)39-30(38-27)25-17-36-33(34)37-18-25/h4-9,15-18H,2-3,10-14,19H2,1H3,(H,35,43)(H2,34,36,37). The maximum absolute atomic E-state index is 13.1. The molecule has 5 aromatic rings. The Morgan fingerprint density at radius 2 is 1.71 bits per heavy atom. The van der Waals surface area contributed by atoms with Gasteiger partial charge in [-0.05, 0) is 59.9 Å². The fraction of sp³-hybridized carbons (Fsp3) is 0.273. The fourth-order valence-electron chi connectivity index (χ4n) is 5.81. The first kappa shape index (κ1) is 28.8. The van der Waals surface area contributed by atoms with Crippen LogP contribution in [0.4, 0.5) is 17.5 Å². The lowest BCUT2D eigenvalue weighted by Gasteiger charge is -2.29. The summed E-state index contributed by atoms with van der Waals surface area (Å²) in [5, 5.41) is 3.06. The van der Waals surface area contributed by atoms with Crippen LogP contribution in [-0.2, 0) is 22.5 Å². The number of benzene rings is 2. The number of aromatic nitrogens is 4. The van der Waals surface area contributed by atoms with Gasteiger partial charge in [0.05, 0.1) is 35.5 Å². The minimum Gasteiger partial charge on any atom is -0.378 e. The number of nitrogen functional groups attached to an aromatic ring is 1. The Morgan fingerprint density at radius 3 is 2.47 bits per heavy atom. The molecule has 2 amide bonds. The van der Waals surface area contributed by atoms with Crippen LogP contribution >= 0.6 is 11.3 Å². The van der Waals surface area contributed by atoms with Crippen molar-refractivity contribution in [2.75, 3.05) is 48.4 Å². The number of fused-ring (bicyclic) bond motifs is 2. The molecule has 1 fully saturated rings. The van der Waals surface area contributed by atoms with E-state index in [9.17, 15) is 9.59 Å². The van der Waals surface area contributed by atoms with Gasteiger partial charge < -0.3 is 25.6 Å². The number of morpholine rings is 1. The quantitative estimate of drug-likeness (QED) is 0.282. The number of rotatable bonds is 6. The van der Waals surface area contributed by atoms with Crippen LogP contribution in [0.15, 0.2) is 60.9 Å². The molecule has 228 valence electrons. The first-order valence-corrected chi connectivity index (χ1v) is 15.8. The zero-order valence-electron chi connectivity index (χ0n) is 24.8. The smallest absolute Gasteiger partial charge is 0.251 e. The number of amides is 2. The van der Waals surface area contributed by atoms with Crippen LogP contribution in [0.1, 0.15) is 34.1 Å². The number of aryl methyl sites for hydroxylation is 1. The monoisotopic (exact) mass is 620 g/mol. The molecule has 45 heavy (non-hydrogen) atoms. The van der Waals surface area contributed by atoms with E-state index < -0.39 is 0 Å². The molecule has 2 aliphatic heterocycles. The van der Waals surface area contributed by atoms with Gasteiger partial charge in [0.25, 0.3) is 5.91 Å². The average Bonchev–Trinajstić information content (AvgIpc) is 3.50. The van der Waals surface area contributed by atoms with E-state index >= 15 is 0 Å². The summed E-state index contributed by atoms with van der Waals surface area (Å²) in [7, 11) is 0. The molecule has 12 heteroatoms. The zero-order chi connectivity index (χ0) is 30.9. The zero-order valence-corrected chi connectivity index (χ0v) is 25.6. The van der Waals surface area contributed by atoms with E-state index in [0.717, 1.165) is 70.2 Å².